The maximum atomic E-state index is 13.3. The van der Waals surface area contributed by atoms with Crippen LogP contribution in [-0.4, -0.2) is 16.4 Å². The average Bonchev–Trinajstić information content (AvgIpc) is 2.53. The van der Waals surface area contributed by atoms with Crippen LogP contribution in [0.25, 0.3) is 0 Å². The molecule has 2 rings (SSSR count). The van der Waals surface area contributed by atoms with Crippen molar-refractivity contribution >= 4 is 0 Å². The molecular formula is C18H16F6O2. The van der Waals surface area contributed by atoms with Crippen molar-refractivity contribution in [1.29, 1.82) is 0 Å². The Labute approximate surface area is 145 Å². The standard InChI is InChI=1S/C18H16F6O2/c19-17(20,21)13(7-6-11-4-2-1-3-5-11)8-12-9-14(18(22,23)24)16(26)15(25)10-12/h1-5,9-10,13,25-26H,6-8H2. The zero-order valence-electron chi connectivity index (χ0n) is 13.4. The van der Waals surface area contributed by atoms with Crippen molar-refractivity contribution in [3.8, 4) is 11.5 Å². The van der Waals surface area contributed by atoms with Gasteiger partial charge < -0.3 is 10.2 Å². The molecule has 0 bridgehead atoms. The Morgan fingerprint density at radius 2 is 1.46 bits per heavy atom. The molecule has 0 saturated heterocycles. The molecule has 0 heterocycles. The summed E-state index contributed by atoms with van der Waals surface area (Å²) in [5, 5.41) is 18.7. The molecular weight excluding hydrogens is 362 g/mol. The van der Waals surface area contributed by atoms with Crippen LogP contribution in [0.5, 0.6) is 11.5 Å². The molecule has 8 heteroatoms. The Kier molecular flexibility index (Phi) is 5.73. The minimum Gasteiger partial charge on any atom is -0.504 e. The molecule has 1 unspecified atom stereocenters. The van der Waals surface area contributed by atoms with Crippen molar-refractivity contribution in [2.24, 2.45) is 5.92 Å². The summed E-state index contributed by atoms with van der Waals surface area (Å²) < 4.78 is 78.4. The molecule has 1 atom stereocenters. The maximum Gasteiger partial charge on any atom is 0.420 e. The second-order valence-corrected chi connectivity index (χ2v) is 5.98. The molecule has 0 aromatic heterocycles. The summed E-state index contributed by atoms with van der Waals surface area (Å²) in [5.41, 5.74) is -1.22. The Morgan fingerprint density at radius 3 is 2.00 bits per heavy atom. The molecule has 0 spiro atoms. The monoisotopic (exact) mass is 378 g/mol. The largest absolute Gasteiger partial charge is 0.504 e. The Balaban J connectivity index is 2.24. The summed E-state index contributed by atoms with van der Waals surface area (Å²) in [5.74, 6) is -4.37. The molecule has 0 aliphatic heterocycles. The zero-order chi connectivity index (χ0) is 19.5. The van der Waals surface area contributed by atoms with Gasteiger partial charge in [0.2, 0.25) is 0 Å². The van der Waals surface area contributed by atoms with Gasteiger partial charge in [0.25, 0.3) is 0 Å². The van der Waals surface area contributed by atoms with Crippen LogP contribution in [0.3, 0.4) is 0 Å². The van der Waals surface area contributed by atoms with Crippen molar-refractivity contribution in [3.63, 3.8) is 0 Å². The first-order chi connectivity index (χ1) is 12.0. The fraction of sp³-hybridized carbons (Fsp3) is 0.333. The summed E-state index contributed by atoms with van der Waals surface area (Å²) >= 11 is 0. The molecule has 0 saturated carbocycles. The maximum absolute atomic E-state index is 13.3. The van der Waals surface area contributed by atoms with Crippen molar-refractivity contribution in [2.75, 3.05) is 0 Å². The summed E-state index contributed by atoms with van der Waals surface area (Å²) in [4.78, 5) is 0. The third-order valence-electron chi connectivity index (χ3n) is 4.02. The van der Waals surface area contributed by atoms with Crippen molar-refractivity contribution < 1.29 is 36.6 Å². The number of hydrogen-bond acceptors (Lipinski definition) is 2. The fourth-order valence-electron chi connectivity index (χ4n) is 2.66. The van der Waals surface area contributed by atoms with Gasteiger partial charge in [0.1, 0.15) is 5.56 Å². The van der Waals surface area contributed by atoms with E-state index >= 15 is 0 Å². The summed E-state index contributed by atoms with van der Waals surface area (Å²) in [6.45, 7) is 0. The van der Waals surface area contributed by atoms with Crippen LogP contribution in [0.2, 0.25) is 0 Å². The summed E-state index contributed by atoms with van der Waals surface area (Å²) in [6.07, 6.45) is -10.5. The number of phenolic OH excluding ortho intramolecular Hbond substituents is 2. The third-order valence-corrected chi connectivity index (χ3v) is 4.02. The first-order valence-electron chi connectivity index (χ1n) is 7.71. The van der Waals surface area contributed by atoms with Gasteiger partial charge in [-0.3, -0.25) is 0 Å². The average molecular weight is 378 g/mol. The Morgan fingerprint density at radius 1 is 0.846 bits per heavy atom. The number of phenols is 2. The van der Waals surface area contributed by atoms with E-state index in [9.17, 15) is 36.6 Å². The number of aromatic hydroxyl groups is 2. The van der Waals surface area contributed by atoms with E-state index in [4.69, 9.17) is 0 Å². The van der Waals surface area contributed by atoms with Crippen molar-refractivity contribution in [1.82, 2.24) is 0 Å². The molecule has 2 nitrogen and oxygen atoms in total. The number of alkyl halides is 6. The molecule has 142 valence electrons. The molecule has 2 N–H and O–H groups in total. The molecule has 2 aromatic rings. The van der Waals surface area contributed by atoms with Crippen molar-refractivity contribution in [2.45, 2.75) is 31.6 Å². The van der Waals surface area contributed by atoms with Crippen LogP contribution in [0, 0.1) is 5.92 Å². The second kappa shape index (κ2) is 7.47. The van der Waals surface area contributed by atoms with E-state index in [-0.39, 0.29) is 18.4 Å². The first-order valence-corrected chi connectivity index (χ1v) is 7.71. The molecule has 0 aliphatic rings. The van der Waals surface area contributed by atoms with Crippen molar-refractivity contribution in [3.05, 3.63) is 59.2 Å². The lowest BCUT2D eigenvalue weighted by molar-refractivity contribution is -0.175. The van der Waals surface area contributed by atoms with Gasteiger partial charge in [0.05, 0.1) is 5.92 Å². The van der Waals surface area contributed by atoms with Crippen LogP contribution in [0.1, 0.15) is 23.1 Å². The molecule has 2 aromatic carbocycles. The third kappa shape index (κ3) is 5.06. The van der Waals surface area contributed by atoms with E-state index in [1.807, 2.05) is 0 Å². The van der Waals surface area contributed by atoms with Crippen LogP contribution < -0.4 is 0 Å². The van der Waals surface area contributed by atoms with Gasteiger partial charge >= 0.3 is 12.4 Å². The lowest BCUT2D eigenvalue weighted by atomic mass is 9.91. The van der Waals surface area contributed by atoms with Gasteiger partial charge in [0, 0.05) is 0 Å². The van der Waals surface area contributed by atoms with Gasteiger partial charge in [-0.15, -0.1) is 0 Å². The minimum atomic E-state index is -4.99. The highest BCUT2D eigenvalue weighted by atomic mass is 19.4. The zero-order valence-corrected chi connectivity index (χ0v) is 13.4. The predicted molar refractivity (Wildman–Crippen MR) is 82.8 cm³/mol. The molecule has 0 aliphatic carbocycles. The van der Waals surface area contributed by atoms with Gasteiger partial charge in [-0.05, 0) is 42.5 Å². The predicted octanol–water partition coefficient (Wildman–Crippen LogP) is 5.47. The summed E-state index contributed by atoms with van der Waals surface area (Å²) in [7, 11) is 0. The minimum absolute atomic E-state index is 0.112. The van der Waals surface area contributed by atoms with Gasteiger partial charge in [-0.25, -0.2) is 0 Å². The number of aryl methyl sites for hydroxylation is 1. The highest BCUT2D eigenvalue weighted by molar-refractivity contribution is 5.49. The smallest absolute Gasteiger partial charge is 0.420 e. The van der Waals surface area contributed by atoms with E-state index < -0.39 is 41.8 Å². The van der Waals surface area contributed by atoms with E-state index in [1.54, 1.807) is 30.3 Å². The van der Waals surface area contributed by atoms with E-state index in [1.165, 1.54) is 0 Å². The molecule has 0 amide bonds. The van der Waals surface area contributed by atoms with E-state index in [0.717, 1.165) is 6.07 Å². The fourth-order valence-corrected chi connectivity index (χ4v) is 2.66. The number of rotatable bonds is 5. The summed E-state index contributed by atoms with van der Waals surface area (Å²) in [6, 6.07) is 9.60. The van der Waals surface area contributed by atoms with Crippen LogP contribution in [0.15, 0.2) is 42.5 Å². The Bertz CT molecular complexity index is 738. The Hall–Kier alpha value is -2.38. The molecule has 0 fully saturated rings. The van der Waals surface area contributed by atoms with Gasteiger partial charge in [0.15, 0.2) is 11.5 Å². The van der Waals surface area contributed by atoms with Crippen LogP contribution in [0.4, 0.5) is 26.3 Å². The topological polar surface area (TPSA) is 40.5 Å². The van der Waals surface area contributed by atoms with E-state index in [0.29, 0.717) is 11.6 Å². The SMILES string of the molecule is Oc1cc(CC(CCc2ccccc2)C(F)(F)F)cc(C(F)(F)F)c1O. The normalized spacial score (nSPS) is 13.6. The number of hydrogen-bond donors (Lipinski definition) is 2. The van der Waals surface area contributed by atoms with Gasteiger partial charge in [-0.1, -0.05) is 30.3 Å². The van der Waals surface area contributed by atoms with Gasteiger partial charge in [-0.2, -0.15) is 26.3 Å². The quantitative estimate of drug-likeness (QED) is 0.535. The first kappa shape index (κ1) is 19.9. The number of benzene rings is 2. The molecule has 0 radical (unpaired) electrons. The number of halogens is 6. The van der Waals surface area contributed by atoms with E-state index in [2.05, 4.69) is 0 Å². The van der Waals surface area contributed by atoms with Crippen LogP contribution >= 0.6 is 0 Å². The molecule has 26 heavy (non-hydrogen) atoms. The highest BCUT2D eigenvalue weighted by Crippen LogP contribution is 2.42. The second-order valence-electron chi connectivity index (χ2n) is 5.98. The van der Waals surface area contributed by atoms with Crippen LogP contribution in [-0.2, 0) is 19.0 Å². The lowest BCUT2D eigenvalue weighted by Crippen LogP contribution is -2.26. The highest BCUT2D eigenvalue weighted by Gasteiger charge is 2.40. The lowest BCUT2D eigenvalue weighted by Gasteiger charge is -2.21.